The predicted octanol–water partition coefficient (Wildman–Crippen LogP) is 2.53. The van der Waals surface area contributed by atoms with Crippen LogP contribution in [-0.4, -0.2) is 10.5 Å². The first-order chi connectivity index (χ1) is 9.11. The molecule has 0 radical (unpaired) electrons. The number of carbonyl (C=O) groups is 1. The van der Waals surface area contributed by atoms with E-state index < -0.39 is 0 Å². The third kappa shape index (κ3) is 3.12. The third-order valence-electron chi connectivity index (χ3n) is 2.78. The van der Waals surface area contributed by atoms with Crippen molar-refractivity contribution in [3.8, 4) is 0 Å². The lowest BCUT2D eigenvalue weighted by molar-refractivity contribution is 0.102. The fraction of sp³-hybridized carbons (Fsp3) is 0.143. The Balaban J connectivity index is 2.25. The summed E-state index contributed by atoms with van der Waals surface area (Å²) in [5, 5.41) is 3.46. The summed E-state index contributed by atoms with van der Waals surface area (Å²) in [7, 11) is 1.64. The van der Waals surface area contributed by atoms with Crippen LogP contribution >= 0.6 is 15.9 Å². The number of aromatic nitrogens is 1. The van der Waals surface area contributed by atoms with Crippen molar-refractivity contribution in [3.63, 3.8) is 0 Å². The van der Waals surface area contributed by atoms with Crippen molar-refractivity contribution in [2.75, 3.05) is 5.32 Å². The molecule has 1 heterocycles. The molecule has 0 aliphatic carbocycles. The van der Waals surface area contributed by atoms with Gasteiger partial charge in [-0.2, -0.15) is 0 Å². The minimum atomic E-state index is -0.286. The molecule has 1 aromatic heterocycles. The number of nitrogens with one attached hydrogen (secondary N) is 1. The highest BCUT2D eigenvalue weighted by Gasteiger charge is 2.09. The molecule has 2 aromatic rings. The van der Waals surface area contributed by atoms with Crippen molar-refractivity contribution < 1.29 is 4.79 Å². The SMILES string of the molecule is Cn1ccc(C(=O)Nc2ccccc2CBr)cc1=O. The van der Waals surface area contributed by atoms with Crippen molar-refractivity contribution in [1.82, 2.24) is 4.57 Å². The second kappa shape index (κ2) is 5.84. The number of nitrogens with zero attached hydrogens (tertiary/aromatic N) is 1. The molecular formula is C14H13BrN2O2. The van der Waals surface area contributed by atoms with Crippen LogP contribution in [0, 0.1) is 0 Å². The summed E-state index contributed by atoms with van der Waals surface area (Å²) in [6.07, 6.45) is 1.58. The first-order valence-corrected chi connectivity index (χ1v) is 6.86. The molecule has 1 N–H and O–H groups in total. The number of hydrogen-bond acceptors (Lipinski definition) is 2. The molecule has 0 aliphatic rings. The molecular weight excluding hydrogens is 308 g/mol. The van der Waals surface area contributed by atoms with Crippen molar-refractivity contribution in [2.45, 2.75) is 5.33 Å². The lowest BCUT2D eigenvalue weighted by Crippen LogP contribution is -2.20. The highest BCUT2D eigenvalue weighted by atomic mass is 79.9. The molecule has 5 heteroatoms. The van der Waals surface area contributed by atoms with Gasteiger partial charge < -0.3 is 9.88 Å². The van der Waals surface area contributed by atoms with E-state index >= 15 is 0 Å². The zero-order valence-electron chi connectivity index (χ0n) is 10.4. The molecule has 0 atom stereocenters. The van der Waals surface area contributed by atoms with Gasteiger partial charge in [-0.25, -0.2) is 0 Å². The van der Waals surface area contributed by atoms with E-state index in [9.17, 15) is 9.59 Å². The summed E-state index contributed by atoms with van der Waals surface area (Å²) in [6.45, 7) is 0. The van der Waals surface area contributed by atoms with Crippen LogP contribution in [0.1, 0.15) is 15.9 Å². The number of halogens is 1. The Bertz CT molecular complexity index is 664. The minimum absolute atomic E-state index is 0.207. The highest BCUT2D eigenvalue weighted by Crippen LogP contribution is 2.18. The molecule has 98 valence electrons. The van der Waals surface area contributed by atoms with E-state index in [1.165, 1.54) is 10.6 Å². The van der Waals surface area contributed by atoms with E-state index in [-0.39, 0.29) is 11.5 Å². The highest BCUT2D eigenvalue weighted by molar-refractivity contribution is 9.08. The predicted molar refractivity (Wildman–Crippen MR) is 78.7 cm³/mol. The van der Waals surface area contributed by atoms with E-state index in [2.05, 4.69) is 21.2 Å². The Labute approximate surface area is 119 Å². The number of anilines is 1. The number of para-hydroxylation sites is 1. The molecule has 2 rings (SSSR count). The number of amides is 1. The van der Waals surface area contributed by atoms with Crippen LogP contribution in [0.25, 0.3) is 0 Å². The van der Waals surface area contributed by atoms with Gasteiger partial charge in [0.05, 0.1) is 0 Å². The van der Waals surface area contributed by atoms with Crippen LogP contribution in [0.5, 0.6) is 0 Å². The van der Waals surface area contributed by atoms with Gasteiger partial charge in [-0.05, 0) is 17.7 Å². The van der Waals surface area contributed by atoms with Crippen LogP contribution in [0.2, 0.25) is 0 Å². The molecule has 0 fully saturated rings. The Hall–Kier alpha value is -1.88. The Morgan fingerprint density at radius 3 is 2.74 bits per heavy atom. The molecule has 0 spiro atoms. The van der Waals surface area contributed by atoms with E-state index in [1.54, 1.807) is 19.3 Å². The monoisotopic (exact) mass is 320 g/mol. The smallest absolute Gasteiger partial charge is 0.255 e. The molecule has 0 unspecified atom stereocenters. The van der Waals surface area contributed by atoms with E-state index in [4.69, 9.17) is 0 Å². The number of carbonyl (C=O) groups excluding carboxylic acids is 1. The van der Waals surface area contributed by atoms with E-state index in [0.717, 1.165) is 11.3 Å². The zero-order chi connectivity index (χ0) is 13.8. The second-order valence-electron chi connectivity index (χ2n) is 4.11. The van der Waals surface area contributed by atoms with Crippen LogP contribution < -0.4 is 10.9 Å². The van der Waals surface area contributed by atoms with E-state index in [0.29, 0.717) is 10.9 Å². The first-order valence-electron chi connectivity index (χ1n) is 5.73. The summed E-state index contributed by atoms with van der Waals surface area (Å²) >= 11 is 3.37. The lowest BCUT2D eigenvalue weighted by atomic mass is 10.2. The molecule has 4 nitrogen and oxygen atoms in total. The standard InChI is InChI=1S/C14H13BrN2O2/c1-17-7-6-10(8-13(17)18)14(19)16-12-5-3-2-4-11(12)9-15/h2-8H,9H2,1H3,(H,16,19). The molecule has 0 saturated carbocycles. The number of pyridine rings is 1. The Kier molecular flexibility index (Phi) is 4.16. The third-order valence-corrected chi connectivity index (χ3v) is 3.38. The van der Waals surface area contributed by atoms with Crippen LogP contribution in [0.15, 0.2) is 47.4 Å². The Morgan fingerprint density at radius 2 is 2.05 bits per heavy atom. The maximum Gasteiger partial charge on any atom is 0.255 e. The summed E-state index contributed by atoms with van der Waals surface area (Å²) in [6, 6.07) is 10.5. The van der Waals surface area contributed by atoms with Gasteiger partial charge in [-0.1, -0.05) is 34.1 Å². The summed E-state index contributed by atoms with van der Waals surface area (Å²) in [4.78, 5) is 23.6. The van der Waals surface area contributed by atoms with Crippen LogP contribution in [0.3, 0.4) is 0 Å². The molecule has 19 heavy (non-hydrogen) atoms. The lowest BCUT2D eigenvalue weighted by Gasteiger charge is -2.09. The van der Waals surface area contributed by atoms with Crippen molar-refractivity contribution in [2.24, 2.45) is 7.05 Å². The zero-order valence-corrected chi connectivity index (χ0v) is 12.0. The molecule has 0 aliphatic heterocycles. The van der Waals surface area contributed by atoms with Gasteiger partial charge >= 0.3 is 0 Å². The molecule has 1 aromatic carbocycles. The molecule has 1 amide bonds. The van der Waals surface area contributed by atoms with Gasteiger partial charge in [0.15, 0.2) is 0 Å². The van der Waals surface area contributed by atoms with Crippen LogP contribution in [0.4, 0.5) is 5.69 Å². The van der Waals surface area contributed by atoms with Gasteiger partial charge in [0.25, 0.3) is 11.5 Å². The minimum Gasteiger partial charge on any atom is -0.322 e. The summed E-state index contributed by atoms with van der Waals surface area (Å²) in [5.74, 6) is -0.286. The van der Waals surface area contributed by atoms with Crippen LogP contribution in [-0.2, 0) is 12.4 Å². The maximum atomic E-state index is 12.1. The van der Waals surface area contributed by atoms with Gasteiger partial charge in [0.1, 0.15) is 0 Å². The number of hydrogen-bond donors (Lipinski definition) is 1. The molecule has 0 bridgehead atoms. The van der Waals surface area contributed by atoms with Gasteiger partial charge in [-0.15, -0.1) is 0 Å². The largest absolute Gasteiger partial charge is 0.322 e. The first kappa shape index (κ1) is 13.5. The topological polar surface area (TPSA) is 51.1 Å². The van der Waals surface area contributed by atoms with Gasteiger partial charge in [0, 0.05) is 35.9 Å². The number of rotatable bonds is 3. The molecule has 0 saturated heterocycles. The fourth-order valence-electron chi connectivity index (χ4n) is 1.64. The van der Waals surface area contributed by atoms with Crippen molar-refractivity contribution in [3.05, 3.63) is 64.1 Å². The number of benzene rings is 1. The summed E-state index contributed by atoms with van der Waals surface area (Å²) in [5.41, 5.74) is 1.87. The van der Waals surface area contributed by atoms with Gasteiger partial charge in [-0.3, -0.25) is 9.59 Å². The Morgan fingerprint density at radius 1 is 1.32 bits per heavy atom. The summed E-state index contributed by atoms with van der Waals surface area (Å²) < 4.78 is 1.42. The quantitative estimate of drug-likeness (QED) is 0.883. The second-order valence-corrected chi connectivity index (χ2v) is 4.67. The fourth-order valence-corrected chi connectivity index (χ4v) is 2.13. The maximum absolute atomic E-state index is 12.1. The normalized spacial score (nSPS) is 10.2. The number of alkyl halides is 1. The average Bonchev–Trinajstić information content (AvgIpc) is 2.42. The van der Waals surface area contributed by atoms with Gasteiger partial charge in [0.2, 0.25) is 0 Å². The van der Waals surface area contributed by atoms with E-state index in [1.807, 2.05) is 24.3 Å². The average molecular weight is 321 g/mol. The number of aryl methyl sites for hydroxylation is 1. The van der Waals surface area contributed by atoms with Crippen molar-refractivity contribution in [1.29, 1.82) is 0 Å². The van der Waals surface area contributed by atoms with Crippen molar-refractivity contribution >= 4 is 27.5 Å².